The van der Waals surface area contributed by atoms with Gasteiger partial charge < -0.3 is 31.2 Å². The van der Waals surface area contributed by atoms with Gasteiger partial charge in [-0.1, -0.05) is 27.7 Å². The van der Waals surface area contributed by atoms with Crippen LogP contribution in [0.3, 0.4) is 0 Å². The second-order valence-corrected chi connectivity index (χ2v) is 8.13. The molecule has 5 N–H and O–H groups in total. The third-order valence-corrected chi connectivity index (χ3v) is 4.76. The van der Waals surface area contributed by atoms with E-state index in [4.69, 9.17) is 5.11 Å². The van der Waals surface area contributed by atoms with Crippen molar-refractivity contribution in [1.29, 1.82) is 0 Å². The van der Waals surface area contributed by atoms with Gasteiger partial charge in [0.1, 0.15) is 18.4 Å². The van der Waals surface area contributed by atoms with Crippen molar-refractivity contribution >= 4 is 30.1 Å². The molecular weight excluding hydrogens is 380 g/mol. The van der Waals surface area contributed by atoms with Crippen molar-refractivity contribution in [3.05, 3.63) is 0 Å². The van der Waals surface area contributed by atoms with Crippen LogP contribution in [-0.4, -0.2) is 59.9 Å². The summed E-state index contributed by atoms with van der Waals surface area (Å²) in [6, 6.07) is -2.79. The van der Waals surface area contributed by atoms with E-state index in [9.17, 15) is 24.0 Å². The molecule has 1 saturated heterocycles. The van der Waals surface area contributed by atoms with Crippen LogP contribution in [0.2, 0.25) is 0 Å². The molecule has 1 aliphatic heterocycles. The standard InChI is InChI=1S/C19H32N4O6/c1-10(2)7-14(22-18(27)15(11(3)4)23-19(28)29)17(26)21-13(9-24)8-12-5-6-20-16(12)25/h9-15,23H,5-8H2,1-4H3,(H,20,25)(H,21,26)(H,22,27)(H,28,29)/t12-,13?,14?,15?/m0/s1. The van der Waals surface area contributed by atoms with Crippen molar-refractivity contribution in [2.24, 2.45) is 17.8 Å². The Bertz CT molecular complexity index is 622. The minimum atomic E-state index is -1.33. The molecule has 1 aliphatic rings. The number of nitrogens with one attached hydrogen (secondary N) is 4. The predicted molar refractivity (Wildman–Crippen MR) is 105 cm³/mol. The largest absolute Gasteiger partial charge is 0.465 e. The fraction of sp³-hybridized carbons (Fsp3) is 0.737. The third-order valence-electron chi connectivity index (χ3n) is 4.76. The van der Waals surface area contributed by atoms with Crippen molar-refractivity contribution in [3.8, 4) is 0 Å². The summed E-state index contributed by atoms with van der Waals surface area (Å²) in [7, 11) is 0. The molecule has 0 bridgehead atoms. The summed E-state index contributed by atoms with van der Waals surface area (Å²) < 4.78 is 0. The highest BCUT2D eigenvalue weighted by atomic mass is 16.4. The molecule has 3 unspecified atom stereocenters. The minimum Gasteiger partial charge on any atom is -0.465 e. The number of carboxylic acid groups (broad SMARTS) is 1. The molecule has 0 aromatic carbocycles. The van der Waals surface area contributed by atoms with E-state index in [1.54, 1.807) is 13.8 Å². The zero-order chi connectivity index (χ0) is 22.1. The predicted octanol–water partition coefficient (Wildman–Crippen LogP) is 0.0194. The maximum Gasteiger partial charge on any atom is 0.405 e. The van der Waals surface area contributed by atoms with E-state index in [1.165, 1.54) is 0 Å². The monoisotopic (exact) mass is 412 g/mol. The van der Waals surface area contributed by atoms with Crippen molar-refractivity contribution in [2.45, 2.75) is 65.1 Å². The van der Waals surface area contributed by atoms with E-state index < -0.39 is 36.0 Å². The first-order valence-electron chi connectivity index (χ1n) is 9.88. The SMILES string of the molecule is CC(C)CC(NC(=O)C(NC(=O)O)C(C)C)C(=O)NC(C=O)C[C@@H]1CCNC1=O. The molecule has 0 aromatic heterocycles. The van der Waals surface area contributed by atoms with Gasteiger partial charge in [-0.15, -0.1) is 0 Å². The van der Waals surface area contributed by atoms with Crippen LogP contribution in [0.4, 0.5) is 4.79 Å². The van der Waals surface area contributed by atoms with Crippen LogP contribution in [0.15, 0.2) is 0 Å². The van der Waals surface area contributed by atoms with Crippen LogP contribution in [0.1, 0.15) is 47.0 Å². The fourth-order valence-corrected chi connectivity index (χ4v) is 3.24. The summed E-state index contributed by atoms with van der Waals surface area (Å²) in [5.74, 6) is -1.89. The highest BCUT2D eigenvalue weighted by Crippen LogP contribution is 2.16. The lowest BCUT2D eigenvalue weighted by Gasteiger charge is -2.26. The Morgan fingerprint density at radius 1 is 1.14 bits per heavy atom. The summed E-state index contributed by atoms with van der Waals surface area (Å²) in [6.07, 6.45) is 0.353. The molecule has 1 rings (SSSR count). The summed E-state index contributed by atoms with van der Waals surface area (Å²) >= 11 is 0. The Labute approximate surface area is 170 Å². The Kier molecular flexibility index (Phi) is 9.57. The molecule has 10 heteroatoms. The summed E-state index contributed by atoms with van der Waals surface area (Å²) in [5, 5.41) is 19.0. The van der Waals surface area contributed by atoms with Gasteiger partial charge in [-0.2, -0.15) is 0 Å². The van der Waals surface area contributed by atoms with E-state index in [0.29, 0.717) is 25.7 Å². The lowest BCUT2D eigenvalue weighted by atomic mass is 9.97. The van der Waals surface area contributed by atoms with E-state index in [0.717, 1.165) is 0 Å². The van der Waals surface area contributed by atoms with Crippen molar-refractivity contribution < 1.29 is 29.1 Å². The lowest BCUT2D eigenvalue weighted by Crippen LogP contribution is -2.56. The summed E-state index contributed by atoms with van der Waals surface area (Å²) in [4.78, 5) is 59.4. The summed E-state index contributed by atoms with van der Waals surface area (Å²) in [6.45, 7) is 7.67. The van der Waals surface area contributed by atoms with Crippen LogP contribution in [0.5, 0.6) is 0 Å². The van der Waals surface area contributed by atoms with E-state index in [2.05, 4.69) is 21.3 Å². The van der Waals surface area contributed by atoms with Gasteiger partial charge in [-0.05, 0) is 31.1 Å². The van der Waals surface area contributed by atoms with Crippen LogP contribution in [0, 0.1) is 17.8 Å². The zero-order valence-corrected chi connectivity index (χ0v) is 17.4. The van der Waals surface area contributed by atoms with Crippen LogP contribution in [-0.2, 0) is 19.2 Å². The quantitative estimate of drug-likeness (QED) is 0.302. The Morgan fingerprint density at radius 2 is 1.79 bits per heavy atom. The van der Waals surface area contributed by atoms with Gasteiger partial charge in [-0.25, -0.2) is 4.79 Å². The second-order valence-electron chi connectivity index (χ2n) is 8.13. The van der Waals surface area contributed by atoms with Gasteiger partial charge in [-0.3, -0.25) is 14.4 Å². The summed E-state index contributed by atoms with van der Waals surface area (Å²) in [5.41, 5.74) is 0. The lowest BCUT2D eigenvalue weighted by molar-refractivity contribution is -0.132. The highest BCUT2D eigenvalue weighted by Gasteiger charge is 2.32. The average Bonchev–Trinajstić information content (AvgIpc) is 3.02. The van der Waals surface area contributed by atoms with Crippen LogP contribution < -0.4 is 21.3 Å². The maximum atomic E-state index is 12.7. The average molecular weight is 412 g/mol. The van der Waals surface area contributed by atoms with Crippen molar-refractivity contribution in [2.75, 3.05) is 6.54 Å². The van der Waals surface area contributed by atoms with Gasteiger partial charge in [0.25, 0.3) is 0 Å². The third kappa shape index (κ3) is 8.08. The number of aldehydes is 1. The first kappa shape index (κ1) is 24.4. The van der Waals surface area contributed by atoms with Gasteiger partial charge in [0.15, 0.2) is 0 Å². The Balaban J connectivity index is 2.82. The van der Waals surface area contributed by atoms with Crippen molar-refractivity contribution in [3.63, 3.8) is 0 Å². The molecule has 29 heavy (non-hydrogen) atoms. The molecule has 10 nitrogen and oxygen atoms in total. The first-order valence-corrected chi connectivity index (χ1v) is 9.88. The molecule has 1 heterocycles. The number of hydrogen-bond donors (Lipinski definition) is 5. The first-order chi connectivity index (χ1) is 13.5. The number of rotatable bonds is 11. The Morgan fingerprint density at radius 3 is 2.24 bits per heavy atom. The molecule has 0 spiro atoms. The Hall–Kier alpha value is -2.65. The molecule has 0 aliphatic carbocycles. The normalized spacial score (nSPS) is 19.2. The van der Waals surface area contributed by atoms with E-state index >= 15 is 0 Å². The van der Waals surface area contributed by atoms with Gasteiger partial charge in [0.2, 0.25) is 17.7 Å². The molecular formula is C19H32N4O6. The van der Waals surface area contributed by atoms with Crippen LogP contribution in [0.25, 0.3) is 0 Å². The van der Waals surface area contributed by atoms with Gasteiger partial charge >= 0.3 is 6.09 Å². The fourth-order valence-electron chi connectivity index (χ4n) is 3.24. The molecule has 0 saturated carbocycles. The van der Waals surface area contributed by atoms with Gasteiger partial charge in [0.05, 0.1) is 6.04 Å². The number of carbonyl (C=O) groups excluding carboxylic acids is 4. The van der Waals surface area contributed by atoms with E-state index in [-0.39, 0.29) is 30.1 Å². The minimum absolute atomic E-state index is 0.0614. The van der Waals surface area contributed by atoms with Crippen molar-refractivity contribution in [1.82, 2.24) is 21.3 Å². The molecule has 4 amide bonds. The maximum absolute atomic E-state index is 12.7. The second kappa shape index (κ2) is 11.4. The van der Waals surface area contributed by atoms with Crippen LogP contribution >= 0.6 is 0 Å². The highest BCUT2D eigenvalue weighted by molar-refractivity contribution is 5.92. The molecule has 1 fully saturated rings. The number of amides is 4. The molecule has 0 radical (unpaired) electrons. The van der Waals surface area contributed by atoms with E-state index in [1.807, 2.05) is 13.8 Å². The molecule has 0 aromatic rings. The number of hydrogen-bond acceptors (Lipinski definition) is 5. The molecule has 164 valence electrons. The van der Waals surface area contributed by atoms with Gasteiger partial charge in [0, 0.05) is 12.5 Å². The topological polar surface area (TPSA) is 154 Å². The smallest absolute Gasteiger partial charge is 0.405 e. The molecule has 4 atom stereocenters. The zero-order valence-electron chi connectivity index (χ0n) is 17.4. The number of carbonyl (C=O) groups is 5.